The zero-order valence-corrected chi connectivity index (χ0v) is 17.2. The molecule has 1 aliphatic heterocycles. The molecule has 1 heterocycles. The highest BCUT2D eigenvalue weighted by Crippen LogP contribution is 2.32. The quantitative estimate of drug-likeness (QED) is 0.625. The van der Waals surface area contributed by atoms with Gasteiger partial charge in [0, 0.05) is 25.9 Å². The van der Waals surface area contributed by atoms with E-state index < -0.39 is 0 Å². The monoisotopic (exact) mass is 395 g/mol. The van der Waals surface area contributed by atoms with E-state index in [4.69, 9.17) is 0 Å². The van der Waals surface area contributed by atoms with Crippen molar-refractivity contribution in [2.75, 3.05) is 19.0 Å². The van der Waals surface area contributed by atoms with Crippen LogP contribution in [0.2, 0.25) is 0 Å². The average Bonchev–Trinajstić information content (AvgIpc) is 3.24. The highest BCUT2D eigenvalue weighted by Gasteiger charge is 2.29. The molecule has 0 fully saturated rings. The first-order valence-electron chi connectivity index (χ1n) is 9.99. The summed E-state index contributed by atoms with van der Waals surface area (Å²) >= 11 is 0. The number of hydrogen-bond acceptors (Lipinski definition) is 3. The van der Waals surface area contributed by atoms with E-state index in [-0.39, 0.29) is 11.9 Å². The largest absolute Gasteiger partial charge is 0.378 e. The Balaban J connectivity index is 1.63. The summed E-state index contributed by atoms with van der Waals surface area (Å²) in [6, 6.07) is 28.0. The number of hydrazine groups is 1. The Morgan fingerprint density at radius 1 is 0.900 bits per heavy atom. The molecule has 1 aliphatic rings. The van der Waals surface area contributed by atoms with Gasteiger partial charge in [0.2, 0.25) is 0 Å². The van der Waals surface area contributed by atoms with Crippen molar-refractivity contribution in [2.45, 2.75) is 6.04 Å². The maximum atomic E-state index is 13.1. The van der Waals surface area contributed by atoms with E-state index in [2.05, 4.69) is 40.7 Å². The van der Waals surface area contributed by atoms with Crippen LogP contribution in [0.15, 0.2) is 97.1 Å². The molecule has 4 heteroatoms. The van der Waals surface area contributed by atoms with Crippen LogP contribution in [0.1, 0.15) is 22.7 Å². The molecule has 0 aromatic heterocycles. The van der Waals surface area contributed by atoms with Gasteiger partial charge in [-0.1, -0.05) is 72.8 Å². The van der Waals surface area contributed by atoms with Crippen molar-refractivity contribution >= 4 is 23.4 Å². The van der Waals surface area contributed by atoms with Crippen molar-refractivity contribution in [1.29, 1.82) is 0 Å². The first kappa shape index (κ1) is 19.5. The normalized spacial score (nSPS) is 15.7. The van der Waals surface area contributed by atoms with Crippen LogP contribution < -0.4 is 10.3 Å². The fourth-order valence-electron chi connectivity index (χ4n) is 3.47. The van der Waals surface area contributed by atoms with Gasteiger partial charge in [0.25, 0.3) is 5.91 Å². The highest BCUT2D eigenvalue weighted by molar-refractivity contribution is 5.93. The Morgan fingerprint density at radius 2 is 1.53 bits per heavy atom. The van der Waals surface area contributed by atoms with E-state index in [1.165, 1.54) is 0 Å². The predicted octanol–water partition coefficient (Wildman–Crippen LogP) is 4.90. The number of amides is 1. The zero-order valence-electron chi connectivity index (χ0n) is 17.2. The van der Waals surface area contributed by atoms with Gasteiger partial charge in [-0.25, -0.2) is 5.01 Å². The molecular formula is C26H25N3O. The van der Waals surface area contributed by atoms with Gasteiger partial charge in [-0.05, 0) is 41.0 Å². The van der Waals surface area contributed by atoms with E-state index in [9.17, 15) is 4.79 Å². The molecule has 0 bridgehead atoms. The van der Waals surface area contributed by atoms with Crippen LogP contribution >= 0.6 is 0 Å². The van der Waals surface area contributed by atoms with Gasteiger partial charge in [0.15, 0.2) is 0 Å². The molecule has 0 aliphatic carbocycles. The third kappa shape index (κ3) is 4.28. The Hall–Kier alpha value is -3.79. The van der Waals surface area contributed by atoms with Gasteiger partial charge >= 0.3 is 0 Å². The summed E-state index contributed by atoms with van der Waals surface area (Å²) in [5, 5.41) is 1.69. The molecule has 30 heavy (non-hydrogen) atoms. The Labute approximate surface area is 177 Å². The number of nitrogens with one attached hydrogen (secondary N) is 1. The summed E-state index contributed by atoms with van der Waals surface area (Å²) in [5.74, 6) is -0.0947. The number of nitrogens with zero attached hydrogens (tertiary/aromatic N) is 2. The van der Waals surface area contributed by atoms with Gasteiger partial charge in [0.1, 0.15) is 0 Å². The minimum Gasteiger partial charge on any atom is -0.378 e. The second-order valence-corrected chi connectivity index (χ2v) is 7.44. The number of carbonyl (C=O) groups excluding carboxylic acids is 1. The molecular weight excluding hydrogens is 370 g/mol. The molecule has 4 rings (SSSR count). The summed E-state index contributed by atoms with van der Waals surface area (Å²) in [6.07, 6.45) is 5.57. The zero-order chi connectivity index (χ0) is 20.9. The second-order valence-electron chi connectivity index (χ2n) is 7.44. The van der Waals surface area contributed by atoms with Gasteiger partial charge in [-0.2, -0.15) is 0 Å². The average molecular weight is 396 g/mol. The van der Waals surface area contributed by atoms with E-state index >= 15 is 0 Å². The highest BCUT2D eigenvalue weighted by atomic mass is 16.2. The van der Waals surface area contributed by atoms with Gasteiger partial charge in [-0.3, -0.25) is 10.2 Å². The van der Waals surface area contributed by atoms with Crippen molar-refractivity contribution in [2.24, 2.45) is 0 Å². The molecule has 1 amide bonds. The lowest BCUT2D eigenvalue weighted by Crippen LogP contribution is -2.38. The number of carbonyl (C=O) groups is 1. The molecule has 4 nitrogen and oxygen atoms in total. The fourth-order valence-corrected chi connectivity index (χ4v) is 3.47. The summed E-state index contributed by atoms with van der Waals surface area (Å²) in [7, 11) is 4.04. The summed E-state index contributed by atoms with van der Waals surface area (Å²) in [6.45, 7) is 0. The van der Waals surface area contributed by atoms with Crippen molar-refractivity contribution in [3.8, 4) is 0 Å². The van der Waals surface area contributed by atoms with Gasteiger partial charge in [0.05, 0.1) is 11.7 Å². The lowest BCUT2D eigenvalue weighted by Gasteiger charge is -2.25. The number of rotatable bonds is 5. The Kier molecular flexibility index (Phi) is 5.66. The van der Waals surface area contributed by atoms with E-state index in [1.807, 2.05) is 80.8 Å². The summed E-state index contributed by atoms with van der Waals surface area (Å²) < 4.78 is 0. The number of hydrogen-bond donors (Lipinski definition) is 1. The predicted molar refractivity (Wildman–Crippen MR) is 123 cm³/mol. The third-order valence-corrected chi connectivity index (χ3v) is 5.13. The first-order chi connectivity index (χ1) is 14.6. The fraction of sp³-hybridized carbons (Fsp3) is 0.115. The van der Waals surface area contributed by atoms with Crippen molar-refractivity contribution in [3.05, 3.63) is 114 Å². The molecule has 0 saturated heterocycles. The van der Waals surface area contributed by atoms with Crippen LogP contribution in [0, 0.1) is 0 Å². The molecule has 0 radical (unpaired) electrons. The molecule has 0 spiro atoms. The molecule has 3 aromatic rings. The van der Waals surface area contributed by atoms with Crippen LogP contribution in [-0.2, 0) is 4.79 Å². The van der Waals surface area contributed by atoms with Crippen LogP contribution in [0.25, 0.3) is 11.8 Å². The Bertz CT molecular complexity index is 1050. The van der Waals surface area contributed by atoms with E-state index in [1.54, 1.807) is 11.1 Å². The lowest BCUT2D eigenvalue weighted by molar-refractivity contribution is -0.129. The van der Waals surface area contributed by atoms with Crippen LogP contribution in [0.4, 0.5) is 5.69 Å². The van der Waals surface area contributed by atoms with Crippen LogP contribution in [0.3, 0.4) is 0 Å². The molecule has 150 valence electrons. The molecule has 0 unspecified atom stereocenters. The Morgan fingerprint density at radius 3 is 2.17 bits per heavy atom. The van der Waals surface area contributed by atoms with Crippen molar-refractivity contribution in [3.63, 3.8) is 0 Å². The standard InChI is InChI=1S/C26H25N3O/c1-28(2)23-16-14-22(15-17-23)25-19-24(21-11-7-4-8-12-21)27-29(25)26(30)18-13-20-9-5-3-6-10-20/h3-19,25,27H,1-2H3/b18-13+/t25-/m1/s1. The molecule has 1 N–H and O–H groups in total. The van der Waals surface area contributed by atoms with Crippen LogP contribution in [-0.4, -0.2) is 25.0 Å². The van der Waals surface area contributed by atoms with E-state index in [0.29, 0.717) is 0 Å². The summed E-state index contributed by atoms with van der Waals surface area (Å²) in [4.78, 5) is 15.2. The second kappa shape index (κ2) is 8.70. The van der Waals surface area contributed by atoms with Gasteiger partial charge < -0.3 is 4.90 Å². The SMILES string of the molecule is CN(C)c1ccc([C@H]2C=C(c3ccccc3)NN2C(=O)/C=C/c2ccccc2)cc1. The van der Waals surface area contributed by atoms with Crippen molar-refractivity contribution in [1.82, 2.24) is 10.4 Å². The lowest BCUT2D eigenvalue weighted by atomic mass is 10.0. The van der Waals surface area contributed by atoms with Crippen molar-refractivity contribution < 1.29 is 4.79 Å². The minimum absolute atomic E-state index is 0.0947. The van der Waals surface area contributed by atoms with E-state index in [0.717, 1.165) is 28.1 Å². The third-order valence-electron chi connectivity index (χ3n) is 5.13. The minimum atomic E-state index is -0.190. The topological polar surface area (TPSA) is 35.6 Å². The molecule has 1 atom stereocenters. The van der Waals surface area contributed by atoms with Gasteiger partial charge in [-0.15, -0.1) is 0 Å². The molecule has 0 saturated carbocycles. The number of anilines is 1. The maximum absolute atomic E-state index is 13.1. The first-order valence-corrected chi connectivity index (χ1v) is 9.99. The number of benzene rings is 3. The maximum Gasteiger partial charge on any atom is 0.265 e. The summed E-state index contributed by atoms with van der Waals surface area (Å²) in [5.41, 5.74) is 8.47. The molecule has 3 aromatic carbocycles. The smallest absolute Gasteiger partial charge is 0.265 e. The van der Waals surface area contributed by atoms with Crippen LogP contribution in [0.5, 0.6) is 0 Å².